The lowest BCUT2D eigenvalue weighted by atomic mass is 10.0. The van der Waals surface area contributed by atoms with Crippen molar-refractivity contribution in [2.75, 3.05) is 5.73 Å². The summed E-state index contributed by atoms with van der Waals surface area (Å²) in [6.45, 7) is 0.0706. The molecule has 194 valence electrons. The number of amides is 1. The van der Waals surface area contributed by atoms with Gasteiger partial charge in [0, 0.05) is 28.9 Å². The molecular weight excluding hydrogens is 512 g/mol. The Morgan fingerprint density at radius 2 is 1.69 bits per heavy atom. The highest BCUT2D eigenvalue weighted by atomic mass is 32.2. The SMILES string of the molecule is Nc1nc(-c2ccccc2)c(-c2ccc3ncccc3c2)nc1C(=O)NCc1ccc(S(=O)(=O)C2CC2)cn1. The normalized spacial score (nSPS) is 13.3. The average Bonchev–Trinajstić information content (AvgIpc) is 3.83. The number of anilines is 1. The molecule has 1 aliphatic carbocycles. The van der Waals surface area contributed by atoms with Gasteiger partial charge in [-0.2, -0.15) is 0 Å². The number of nitrogens with one attached hydrogen (secondary N) is 1. The highest BCUT2D eigenvalue weighted by Gasteiger charge is 2.37. The molecule has 0 radical (unpaired) electrons. The minimum atomic E-state index is -3.32. The van der Waals surface area contributed by atoms with Crippen molar-refractivity contribution in [1.82, 2.24) is 25.3 Å². The lowest BCUT2D eigenvalue weighted by Gasteiger charge is -2.14. The Kier molecular flexibility index (Phi) is 6.24. The summed E-state index contributed by atoms with van der Waals surface area (Å²) >= 11 is 0. The number of fused-ring (bicyclic) bond motifs is 1. The molecule has 3 heterocycles. The van der Waals surface area contributed by atoms with E-state index in [1.54, 1.807) is 12.3 Å². The van der Waals surface area contributed by atoms with Gasteiger partial charge in [0.2, 0.25) is 0 Å². The molecule has 9 nitrogen and oxygen atoms in total. The second kappa shape index (κ2) is 9.88. The fraction of sp³-hybridized carbons (Fsp3) is 0.138. The highest BCUT2D eigenvalue weighted by molar-refractivity contribution is 7.92. The summed E-state index contributed by atoms with van der Waals surface area (Å²) in [6.07, 6.45) is 4.44. The van der Waals surface area contributed by atoms with Crippen LogP contribution in [0.15, 0.2) is 90.1 Å². The zero-order chi connectivity index (χ0) is 27.0. The van der Waals surface area contributed by atoms with Crippen LogP contribution in [0.2, 0.25) is 0 Å². The number of rotatable bonds is 7. The van der Waals surface area contributed by atoms with Crippen LogP contribution >= 0.6 is 0 Å². The zero-order valence-corrected chi connectivity index (χ0v) is 21.6. The topological polar surface area (TPSA) is 141 Å². The molecule has 0 aliphatic heterocycles. The van der Waals surface area contributed by atoms with Crippen LogP contribution < -0.4 is 11.1 Å². The summed E-state index contributed by atoms with van der Waals surface area (Å²) in [6, 6.07) is 22.2. The molecule has 6 rings (SSSR count). The van der Waals surface area contributed by atoms with Crippen molar-refractivity contribution in [2.24, 2.45) is 0 Å². The van der Waals surface area contributed by atoms with Crippen molar-refractivity contribution < 1.29 is 13.2 Å². The largest absolute Gasteiger partial charge is 0.382 e. The molecule has 0 unspecified atom stereocenters. The number of pyridine rings is 2. The van der Waals surface area contributed by atoms with Gasteiger partial charge in [-0.3, -0.25) is 14.8 Å². The second-order valence-corrected chi connectivity index (χ2v) is 11.6. The third-order valence-corrected chi connectivity index (χ3v) is 8.83. The highest BCUT2D eigenvalue weighted by Crippen LogP contribution is 2.34. The number of carbonyl (C=O) groups is 1. The number of sulfone groups is 1. The fourth-order valence-corrected chi connectivity index (χ4v) is 5.95. The van der Waals surface area contributed by atoms with E-state index in [4.69, 9.17) is 10.7 Å². The summed E-state index contributed by atoms with van der Waals surface area (Å²) in [5, 5.41) is 3.39. The number of carbonyl (C=O) groups excluding carboxylic acids is 1. The Bertz CT molecular complexity index is 1810. The van der Waals surface area contributed by atoms with Crippen LogP contribution in [-0.2, 0) is 16.4 Å². The van der Waals surface area contributed by atoms with Crippen molar-refractivity contribution in [3.63, 3.8) is 0 Å². The smallest absolute Gasteiger partial charge is 0.274 e. The van der Waals surface area contributed by atoms with Gasteiger partial charge < -0.3 is 11.1 Å². The predicted octanol–water partition coefficient (Wildman–Crippen LogP) is 4.20. The first-order valence-corrected chi connectivity index (χ1v) is 14.0. The molecule has 5 aromatic rings. The Morgan fingerprint density at radius 1 is 0.897 bits per heavy atom. The maximum atomic E-state index is 13.2. The molecule has 1 saturated carbocycles. The van der Waals surface area contributed by atoms with Crippen LogP contribution in [0.1, 0.15) is 29.0 Å². The number of nitrogen functional groups attached to an aromatic ring is 1. The van der Waals surface area contributed by atoms with Gasteiger partial charge in [-0.1, -0.05) is 42.5 Å². The van der Waals surface area contributed by atoms with E-state index in [2.05, 4.69) is 20.3 Å². The Hall–Kier alpha value is -4.70. The average molecular weight is 537 g/mol. The predicted molar refractivity (Wildman–Crippen MR) is 148 cm³/mol. The molecule has 0 atom stereocenters. The number of hydrogen-bond acceptors (Lipinski definition) is 8. The van der Waals surface area contributed by atoms with E-state index in [9.17, 15) is 13.2 Å². The first kappa shape index (κ1) is 24.6. The molecule has 1 amide bonds. The number of aromatic nitrogens is 4. The maximum absolute atomic E-state index is 13.2. The quantitative estimate of drug-likeness (QED) is 0.315. The minimum Gasteiger partial charge on any atom is -0.382 e. The zero-order valence-electron chi connectivity index (χ0n) is 20.8. The van der Waals surface area contributed by atoms with Crippen molar-refractivity contribution in [2.45, 2.75) is 29.5 Å². The molecule has 1 aliphatic rings. The van der Waals surface area contributed by atoms with Gasteiger partial charge >= 0.3 is 0 Å². The van der Waals surface area contributed by atoms with Crippen molar-refractivity contribution in [3.05, 3.63) is 96.6 Å². The van der Waals surface area contributed by atoms with E-state index in [1.165, 1.54) is 12.3 Å². The lowest BCUT2D eigenvalue weighted by Crippen LogP contribution is -2.26. The minimum absolute atomic E-state index is 0.00334. The van der Waals surface area contributed by atoms with Gasteiger partial charge in [0.05, 0.1) is 39.3 Å². The van der Waals surface area contributed by atoms with Crippen LogP contribution in [0, 0.1) is 0 Å². The van der Waals surface area contributed by atoms with Crippen molar-refractivity contribution in [3.8, 4) is 22.5 Å². The van der Waals surface area contributed by atoms with Gasteiger partial charge in [-0.25, -0.2) is 18.4 Å². The van der Waals surface area contributed by atoms with Crippen LogP contribution in [0.5, 0.6) is 0 Å². The lowest BCUT2D eigenvalue weighted by molar-refractivity contribution is 0.0946. The third-order valence-electron chi connectivity index (χ3n) is 6.58. The van der Waals surface area contributed by atoms with E-state index < -0.39 is 15.7 Å². The molecule has 0 spiro atoms. The molecule has 39 heavy (non-hydrogen) atoms. The Balaban J connectivity index is 1.31. The van der Waals surface area contributed by atoms with E-state index in [0.29, 0.717) is 29.9 Å². The summed E-state index contributed by atoms with van der Waals surface area (Å²) in [7, 11) is -3.32. The Morgan fingerprint density at radius 3 is 2.44 bits per heavy atom. The van der Waals surface area contributed by atoms with Gasteiger partial charge in [0.15, 0.2) is 21.3 Å². The van der Waals surface area contributed by atoms with E-state index >= 15 is 0 Å². The van der Waals surface area contributed by atoms with E-state index in [1.807, 2.05) is 60.7 Å². The summed E-state index contributed by atoms with van der Waals surface area (Å²) < 4.78 is 24.8. The van der Waals surface area contributed by atoms with E-state index in [0.717, 1.165) is 22.0 Å². The third kappa shape index (κ3) is 4.94. The first-order chi connectivity index (χ1) is 18.9. The maximum Gasteiger partial charge on any atom is 0.274 e. The van der Waals surface area contributed by atoms with Crippen LogP contribution in [0.4, 0.5) is 5.82 Å². The van der Waals surface area contributed by atoms with Crippen molar-refractivity contribution in [1.29, 1.82) is 0 Å². The van der Waals surface area contributed by atoms with Gasteiger partial charge in [-0.05, 0) is 43.2 Å². The van der Waals surface area contributed by atoms with Gasteiger partial charge in [-0.15, -0.1) is 0 Å². The molecule has 0 saturated heterocycles. The van der Waals surface area contributed by atoms with Crippen LogP contribution in [0.3, 0.4) is 0 Å². The molecule has 3 aromatic heterocycles. The number of nitrogens with two attached hydrogens (primary N) is 1. The summed E-state index contributed by atoms with van der Waals surface area (Å²) in [5.74, 6) is -0.517. The Labute approximate surface area is 225 Å². The molecule has 10 heteroatoms. The monoisotopic (exact) mass is 536 g/mol. The summed E-state index contributed by atoms with van der Waals surface area (Å²) in [4.78, 5) is 31.3. The number of nitrogens with zero attached hydrogens (tertiary/aromatic N) is 4. The van der Waals surface area contributed by atoms with Crippen LogP contribution in [-0.4, -0.2) is 39.5 Å². The van der Waals surface area contributed by atoms with Crippen molar-refractivity contribution >= 4 is 32.5 Å². The standard InChI is InChI=1S/C29H24N6O3S/c30-28-27(29(36)33-16-21-9-10-23(17-32-21)39(37,38)22-11-12-22)34-26(25(35-28)18-5-2-1-3-6-18)20-8-13-24-19(15-20)7-4-14-31-24/h1-10,13-15,17,22H,11-12,16H2,(H2,30,35)(H,33,36). The van der Waals surface area contributed by atoms with E-state index in [-0.39, 0.29) is 28.2 Å². The second-order valence-electron chi connectivity index (χ2n) is 9.34. The van der Waals surface area contributed by atoms with Crippen LogP contribution in [0.25, 0.3) is 33.4 Å². The van der Waals surface area contributed by atoms with Gasteiger partial charge in [0.1, 0.15) is 0 Å². The summed E-state index contributed by atoms with van der Waals surface area (Å²) in [5.41, 5.74) is 10.2. The van der Waals surface area contributed by atoms with Gasteiger partial charge in [0.25, 0.3) is 5.91 Å². The molecule has 1 fully saturated rings. The molecular formula is C29H24N6O3S. The molecule has 3 N–H and O–H groups in total. The number of hydrogen-bond donors (Lipinski definition) is 2. The fourth-order valence-electron chi connectivity index (χ4n) is 4.35. The molecule has 0 bridgehead atoms. The molecule has 2 aromatic carbocycles. The number of benzene rings is 2. The first-order valence-electron chi connectivity index (χ1n) is 12.5.